The summed E-state index contributed by atoms with van der Waals surface area (Å²) in [6, 6.07) is 11.9. The lowest BCUT2D eigenvalue weighted by Gasteiger charge is -2.29. The highest BCUT2D eigenvalue weighted by Gasteiger charge is 2.36. The van der Waals surface area contributed by atoms with E-state index in [0.29, 0.717) is 25.7 Å². The van der Waals surface area contributed by atoms with Crippen LogP contribution in [0.15, 0.2) is 64.4 Å². The number of hydrogen-bond acceptors (Lipinski definition) is 6. The van der Waals surface area contributed by atoms with Crippen LogP contribution < -0.4 is 10.0 Å². The molecule has 2 rings (SSSR count). The first-order valence-corrected chi connectivity index (χ1v) is 16.4. The molecule has 0 aliphatic rings. The molecule has 2 aromatic carbocycles. The highest BCUT2D eigenvalue weighted by molar-refractivity contribution is 7.89. The minimum absolute atomic E-state index is 0.0391. The highest BCUT2D eigenvalue weighted by atomic mass is 32.2. The lowest BCUT2D eigenvalue weighted by Crippen LogP contribution is -2.47. The predicted molar refractivity (Wildman–Crippen MR) is 154 cm³/mol. The van der Waals surface area contributed by atoms with Gasteiger partial charge in [0.1, 0.15) is 12.1 Å². The van der Waals surface area contributed by atoms with E-state index in [1.54, 1.807) is 30.3 Å². The molecule has 2 aromatic rings. The second-order valence-corrected chi connectivity index (χ2v) is 13.8. The Morgan fingerprint density at radius 2 is 1.52 bits per heavy atom. The predicted octanol–water partition coefficient (Wildman–Crippen LogP) is 3.53. The van der Waals surface area contributed by atoms with Crippen LogP contribution in [-0.4, -0.2) is 63.3 Å². The topological polar surface area (TPSA) is 150 Å². The first kappa shape index (κ1) is 33.4. The number of unbranched alkanes of at least 4 members (excludes halogenated alkanes) is 1. The zero-order chi connectivity index (χ0) is 29.9. The van der Waals surface area contributed by atoms with Gasteiger partial charge in [-0.15, -0.1) is 0 Å². The SMILES string of the molecule is CCC[C@H](NS(=O)(=O)c1ccccc1)C(=O)NCCCC[C@@H](C(=O)O)N(CC(C)C)S(=O)(=O)c1ccc(C)cc1. The minimum Gasteiger partial charge on any atom is -0.480 e. The minimum atomic E-state index is -4.05. The number of hydrogen-bond donors (Lipinski definition) is 3. The number of aryl methyl sites for hydroxylation is 1. The molecule has 0 heterocycles. The quantitative estimate of drug-likeness (QED) is 0.237. The van der Waals surface area contributed by atoms with E-state index in [9.17, 15) is 31.5 Å². The van der Waals surface area contributed by atoms with Crippen LogP contribution in [0.3, 0.4) is 0 Å². The maximum Gasteiger partial charge on any atom is 0.322 e. The zero-order valence-electron chi connectivity index (χ0n) is 23.5. The maximum absolute atomic E-state index is 13.4. The van der Waals surface area contributed by atoms with E-state index in [0.717, 1.165) is 9.87 Å². The molecule has 12 heteroatoms. The summed E-state index contributed by atoms with van der Waals surface area (Å²) in [7, 11) is -7.93. The summed E-state index contributed by atoms with van der Waals surface area (Å²) in [5.41, 5.74) is 0.889. The average molecular weight is 596 g/mol. The van der Waals surface area contributed by atoms with Crippen molar-refractivity contribution < 1.29 is 31.5 Å². The molecule has 0 spiro atoms. The monoisotopic (exact) mass is 595 g/mol. The van der Waals surface area contributed by atoms with Gasteiger partial charge < -0.3 is 10.4 Å². The third kappa shape index (κ3) is 9.69. The fourth-order valence-corrected chi connectivity index (χ4v) is 7.20. The van der Waals surface area contributed by atoms with Crippen LogP contribution >= 0.6 is 0 Å². The van der Waals surface area contributed by atoms with Crippen molar-refractivity contribution in [3.05, 3.63) is 60.2 Å². The van der Waals surface area contributed by atoms with E-state index in [2.05, 4.69) is 10.0 Å². The van der Waals surface area contributed by atoms with Crippen LogP contribution in [0.1, 0.15) is 58.4 Å². The number of sulfonamides is 2. The van der Waals surface area contributed by atoms with Crippen LogP contribution in [-0.2, 0) is 29.6 Å². The smallest absolute Gasteiger partial charge is 0.322 e. The lowest BCUT2D eigenvalue weighted by atomic mass is 10.1. The summed E-state index contributed by atoms with van der Waals surface area (Å²) in [4.78, 5) is 25.1. The molecule has 0 radical (unpaired) electrons. The van der Waals surface area contributed by atoms with Crippen molar-refractivity contribution in [2.24, 2.45) is 5.92 Å². The average Bonchev–Trinajstić information content (AvgIpc) is 2.89. The molecule has 3 N–H and O–H groups in total. The highest BCUT2D eigenvalue weighted by Crippen LogP contribution is 2.23. The van der Waals surface area contributed by atoms with E-state index >= 15 is 0 Å². The van der Waals surface area contributed by atoms with Gasteiger partial charge in [-0.2, -0.15) is 9.03 Å². The second kappa shape index (κ2) is 15.3. The molecule has 0 unspecified atom stereocenters. The Labute approximate surface area is 238 Å². The molecule has 40 heavy (non-hydrogen) atoms. The zero-order valence-corrected chi connectivity index (χ0v) is 25.2. The molecule has 0 saturated carbocycles. The first-order valence-electron chi connectivity index (χ1n) is 13.5. The van der Waals surface area contributed by atoms with E-state index in [1.165, 1.54) is 24.3 Å². The molecule has 0 aromatic heterocycles. The van der Waals surface area contributed by atoms with Gasteiger partial charge in [0.25, 0.3) is 0 Å². The molecular weight excluding hydrogens is 554 g/mol. The van der Waals surface area contributed by atoms with Gasteiger partial charge in [-0.3, -0.25) is 9.59 Å². The Balaban J connectivity index is 2.02. The van der Waals surface area contributed by atoms with Gasteiger partial charge in [-0.1, -0.05) is 63.1 Å². The van der Waals surface area contributed by atoms with E-state index in [4.69, 9.17) is 0 Å². The van der Waals surface area contributed by atoms with Gasteiger partial charge >= 0.3 is 5.97 Å². The number of carboxylic acids is 1. The van der Waals surface area contributed by atoms with Crippen molar-refractivity contribution in [3.63, 3.8) is 0 Å². The van der Waals surface area contributed by atoms with Crippen LogP contribution in [0.4, 0.5) is 0 Å². The van der Waals surface area contributed by atoms with Crippen molar-refractivity contribution in [2.75, 3.05) is 13.1 Å². The molecule has 0 saturated heterocycles. The number of carbonyl (C=O) groups excluding carboxylic acids is 1. The van der Waals surface area contributed by atoms with Gasteiger partial charge in [0.05, 0.1) is 9.79 Å². The number of aliphatic carboxylic acids is 1. The van der Waals surface area contributed by atoms with Crippen molar-refractivity contribution in [1.82, 2.24) is 14.3 Å². The second-order valence-electron chi connectivity index (χ2n) is 10.2. The number of rotatable bonds is 17. The Morgan fingerprint density at radius 1 is 0.900 bits per heavy atom. The molecule has 2 atom stereocenters. The normalized spacial score (nSPS) is 13.8. The molecule has 0 fully saturated rings. The number of nitrogens with one attached hydrogen (secondary N) is 2. The van der Waals surface area contributed by atoms with Gasteiger partial charge in [0.15, 0.2) is 0 Å². The fourth-order valence-electron chi connectivity index (χ4n) is 4.17. The largest absolute Gasteiger partial charge is 0.480 e. The Hall–Kier alpha value is -2.80. The Kier molecular flexibility index (Phi) is 12.8. The summed E-state index contributed by atoms with van der Waals surface area (Å²) in [6.07, 6.45) is 1.67. The molecule has 0 aliphatic heterocycles. The third-order valence-corrected chi connectivity index (χ3v) is 9.63. The molecule has 0 bridgehead atoms. The van der Waals surface area contributed by atoms with Crippen molar-refractivity contribution in [3.8, 4) is 0 Å². The molecule has 222 valence electrons. The van der Waals surface area contributed by atoms with E-state index in [-0.39, 0.29) is 35.2 Å². The number of nitrogens with zero attached hydrogens (tertiary/aromatic N) is 1. The Bertz CT molecular complexity index is 1310. The number of amides is 1. The summed E-state index contributed by atoms with van der Waals surface area (Å²) < 4.78 is 55.7. The number of carbonyl (C=O) groups is 2. The standard InChI is InChI=1S/C28H41N3O7S2/c1-5-11-25(30-39(35,36)23-12-7-6-8-13-23)27(32)29-19-10-9-14-26(28(33)34)31(20-21(2)3)40(37,38)24-17-15-22(4)16-18-24/h6-8,12-13,15-18,21,25-26,30H,5,9-11,14,19-20H2,1-4H3,(H,29,32)(H,33,34)/t25-,26-/m0/s1. The van der Waals surface area contributed by atoms with E-state index < -0.39 is 44.0 Å². The summed E-state index contributed by atoms with van der Waals surface area (Å²) in [5, 5.41) is 12.7. The van der Waals surface area contributed by atoms with Crippen LogP contribution in [0.5, 0.6) is 0 Å². The molecule has 0 aliphatic carbocycles. The number of benzene rings is 2. The van der Waals surface area contributed by atoms with Crippen LogP contribution in [0.2, 0.25) is 0 Å². The van der Waals surface area contributed by atoms with Crippen molar-refractivity contribution >= 4 is 31.9 Å². The van der Waals surface area contributed by atoms with Gasteiger partial charge in [-0.05, 0) is 62.8 Å². The third-order valence-electron chi connectivity index (χ3n) is 6.25. The van der Waals surface area contributed by atoms with Crippen molar-refractivity contribution in [1.29, 1.82) is 0 Å². The Morgan fingerprint density at radius 3 is 2.08 bits per heavy atom. The van der Waals surface area contributed by atoms with Crippen LogP contribution in [0.25, 0.3) is 0 Å². The fraction of sp³-hybridized carbons (Fsp3) is 0.500. The van der Waals surface area contributed by atoms with Gasteiger partial charge in [-0.25, -0.2) is 16.8 Å². The summed E-state index contributed by atoms with van der Waals surface area (Å²) in [5.74, 6) is -1.81. The van der Waals surface area contributed by atoms with Gasteiger partial charge in [0, 0.05) is 13.1 Å². The molecule has 1 amide bonds. The molecular formula is C28H41N3O7S2. The van der Waals surface area contributed by atoms with Crippen molar-refractivity contribution in [2.45, 2.75) is 81.7 Å². The lowest BCUT2D eigenvalue weighted by molar-refractivity contribution is -0.142. The van der Waals surface area contributed by atoms with E-state index in [1.807, 2.05) is 27.7 Å². The molecule has 10 nitrogen and oxygen atoms in total. The number of carboxylic acid groups (broad SMARTS) is 1. The first-order chi connectivity index (χ1) is 18.8. The van der Waals surface area contributed by atoms with Crippen LogP contribution in [0, 0.1) is 12.8 Å². The maximum atomic E-state index is 13.4. The summed E-state index contributed by atoms with van der Waals surface area (Å²) in [6.45, 7) is 7.56. The summed E-state index contributed by atoms with van der Waals surface area (Å²) >= 11 is 0. The van der Waals surface area contributed by atoms with Gasteiger partial charge in [0.2, 0.25) is 26.0 Å².